The number of hydrogen-bond donors (Lipinski definition) is 1. The second-order valence-corrected chi connectivity index (χ2v) is 5.50. The van der Waals surface area contributed by atoms with Crippen molar-refractivity contribution in [3.05, 3.63) is 58.9 Å². The number of carbonyl (C=O) groups is 2. The molecule has 0 saturated carbocycles. The average molecular weight is 335 g/mol. The molecule has 0 saturated heterocycles. The summed E-state index contributed by atoms with van der Waals surface area (Å²) in [6.07, 6.45) is 0. The number of aryl methyl sites for hydroxylation is 1. The highest BCUT2D eigenvalue weighted by molar-refractivity contribution is 6.30. The SMILES string of the molecule is CC(=O)N(CC(=O)Nc1ccc(Cl)cc1C)c1ccccc1F. The van der Waals surface area contributed by atoms with Crippen LogP contribution in [-0.4, -0.2) is 18.4 Å². The zero-order valence-corrected chi connectivity index (χ0v) is 13.5. The first-order valence-corrected chi connectivity index (χ1v) is 7.35. The van der Waals surface area contributed by atoms with Crippen LogP contribution in [0.3, 0.4) is 0 Å². The zero-order valence-electron chi connectivity index (χ0n) is 12.8. The van der Waals surface area contributed by atoms with Gasteiger partial charge in [0.15, 0.2) is 0 Å². The van der Waals surface area contributed by atoms with Crippen molar-refractivity contribution in [2.45, 2.75) is 13.8 Å². The van der Waals surface area contributed by atoms with Gasteiger partial charge >= 0.3 is 0 Å². The molecule has 0 unspecified atom stereocenters. The fourth-order valence-corrected chi connectivity index (χ4v) is 2.36. The number of hydrogen-bond acceptors (Lipinski definition) is 2. The third-order valence-electron chi connectivity index (χ3n) is 3.29. The van der Waals surface area contributed by atoms with E-state index in [2.05, 4.69) is 5.32 Å². The van der Waals surface area contributed by atoms with Crippen molar-refractivity contribution in [1.29, 1.82) is 0 Å². The van der Waals surface area contributed by atoms with E-state index in [1.54, 1.807) is 31.2 Å². The maximum atomic E-state index is 13.8. The van der Waals surface area contributed by atoms with Gasteiger partial charge in [-0.2, -0.15) is 0 Å². The van der Waals surface area contributed by atoms with Crippen LogP contribution >= 0.6 is 11.6 Å². The summed E-state index contributed by atoms with van der Waals surface area (Å²) >= 11 is 5.87. The Balaban J connectivity index is 2.16. The molecular weight excluding hydrogens is 319 g/mol. The molecular formula is C17H16ClFN2O2. The van der Waals surface area contributed by atoms with Gasteiger partial charge in [-0.05, 0) is 42.8 Å². The molecule has 0 spiro atoms. The zero-order chi connectivity index (χ0) is 17.0. The molecule has 2 amide bonds. The largest absolute Gasteiger partial charge is 0.324 e. The quantitative estimate of drug-likeness (QED) is 0.925. The number of para-hydroxylation sites is 1. The van der Waals surface area contributed by atoms with Crippen molar-refractivity contribution in [3.63, 3.8) is 0 Å². The maximum absolute atomic E-state index is 13.8. The van der Waals surface area contributed by atoms with Crippen LogP contribution in [-0.2, 0) is 9.59 Å². The minimum Gasteiger partial charge on any atom is -0.324 e. The topological polar surface area (TPSA) is 49.4 Å². The van der Waals surface area contributed by atoms with Crippen LogP contribution < -0.4 is 10.2 Å². The van der Waals surface area contributed by atoms with Crippen molar-refractivity contribution in [2.75, 3.05) is 16.8 Å². The molecule has 0 aliphatic rings. The number of carbonyl (C=O) groups excluding carboxylic acids is 2. The minimum absolute atomic E-state index is 0.0722. The molecule has 0 aliphatic heterocycles. The Hall–Kier alpha value is -2.40. The first-order chi connectivity index (χ1) is 10.9. The monoisotopic (exact) mass is 334 g/mol. The third kappa shape index (κ3) is 4.29. The van der Waals surface area contributed by atoms with Crippen molar-refractivity contribution in [1.82, 2.24) is 0 Å². The number of nitrogens with zero attached hydrogens (tertiary/aromatic N) is 1. The Labute approximate surface area is 138 Å². The van der Waals surface area contributed by atoms with Crippen LogP contribution in [0.2, 0.25) is 5.02 Å². The Kier molecular flexibility index (Phi) is 5.34. The van der Waals surface area contributed by atoms with Gasteiger partial charge in [-0.15, -0.1) is 0 Å². The number of halogens is 2. The summed E-state index contributed by atoms with van der Waals surface area (Å²) in [7, 11) is 0. The van der Waals surface area contributed by atoms with E-state index in [4.69, 9.17) is 11.6 Å². The Morgan fingerprint density at radius 3 is 2.52 bits per heavy atom. The fourth-order valence-electron chi connectivity index (χ4n) is 2.14. The first kappa shape index (κ1) is 17.0. The molecule has 0 radical (unpaired) electrons. The van der Waals surface area contributed by atoms with Crippen molar-refractivity contribution >= 4 is 34.8 Å². The molecule has 4 nitrogen and oxygen atoms in total. The van der Waals surface area contributed by atoms with E-state index in [-0.39, 0.29) is 12.2 Å². The molecule has 0 bridgehead atoms. The second kappa shape index (κ2) is 7.24. The molecule has 2 aromatic rings. The molecule has 0 aliphatic carbocycles. The smallest absolute Gasteiger partial charge is 0.244 e. The van der Waals surface area contributed by atoms with E-state index in [1.807, 2.05) is 0 Å². The van der Waals surface area contributed by atoms with Gasteiger partial charge in [0.2, 0.25) is 11.8 Å². The van der Waals surface area contributed by atoms with Crippen molar-refractivity contribution in [3.8, 4) is 0 Å². The highest BCUT2D eigenvalue weighted by Gasteiger charge is 2.19. The number of benzene rings is 2. The van der Waals surface area contributed by atoms with Crippen LogP contribution in [0, 0.1) is 12.7 Å². The second-order valence-electron chi connectivity index (χ2n) is 5.06. The maximum Gasteiger partial charge on any atom is 0.244 e. The average Bonchev–Trinajstić information content (AvgIpc) is 2.48. The summed E-state index contributed by atoms with van der Waals surface area (Å²) in [5.41, 5.74) is 1.46. The van der Waals surface area contributed by atoms with E-state index >= 15 is 0 Å². The predicted molar refractivity (Wildman–Crippen MR) is 89.2 cm³/mol. The predicted octanol–water partition coefficient (Wildman–Crippen LogP) is 3.78. The van der Waals surface area contributed by atoms with Crippen LogP contribution in [0.5, 0.6) is 0 Å². The molecule has 1 N–H and O–H groups in total. The molecule has 6 heteroatoms. The van der Waals surface area contributed by atoms with E-state index < -0.39 is 17.6 Å². The summed E-state index contributed by atoms with van der Waals surface area (Å²) in [6.45, 7) is 2.81. The molecule has 2 rings (SSSR count). The molecule has 120 valence electrons. The molecule has 23 heavy (non-hydrogen) atoms. The fraction of sp³-hybridized carbons (Fsp3) is 0.176. The summed E-state index contributed by atoms with van der Waals surface area (Å²) in [4.78, 5) is 25.0. The van der Waals surface area contributed by atoms with E-state index in [1.165, 1.54) is 25.1 Å². The molecule has 0 atom stereocenters. The lowest BCUT2D eigenvalue weighted by atomic mass is 10.2. The van der Waals surface area contributed by atoms with Crippen LogP contribution in [0.15, 0.2) is 42.5 Å². The van der Waals surface area contributed by atoms with Gasteiger partial charge in [-0.3, -0.25) is 9.59 Å². The summed E-state index contributed by atoms with van der Waals surface area (Å²) < 4.78 is 13.8. The van der Waals surface area contributed by atoms with E-state index in [9.17, 15) is 14.0 Å². The number of amides is 2. The number of anilines is 2. The molecule has 0 aromatic heterocycles. The minimum atomic E-state index is -0.557. The van der Waals surface area contributed by atoms with Gasteiger partial charge < -0.3 is 10.2 Å². The molecule has 0 heterocycles. The van der Waals surface area contributed by atoms with Crippen molar-refractivity contribution < 1.29 is 14.0 Å². The highest BCUT2D eigenvalue weighted by Crippen LogP contribution is 2.21. The lowest BCUT2D eigenvalue weighted by Crippen LogP contribution is -2.37. The van der Waals surface area contributed by atoms with Crippen molar-refractivity contribution in [2.24, 2.45) is 0 Å². The lowest BCUT2D eigenvalue weighted by Gasteiger charge is -2.21. The Bertz CT molecular complexity index is 749. The van der Waals surface area contributed by atoms with Crippen LogP contribution in [0.25, 0.3) is 0 Å². The third-order valence-corrected chi connectivity index (χ3v) is 3.52. The van der Waals surface area contributed by atoms with Gasteiger partial charge in [0, 0.05) is 17.6 Å². The Morgan fingerprint density at radius 2 is 1.91 bits per heavy atom. The van der Waals surface area contributed by atoms with E-state index in [0.29, 0.717) is 10.7 Å². The first-order valence-electron chi connectivity index (χ1n) is 6.97. The summed E-state index contributed by atoms with van der Waals surface area (Å²) in [6, 6.07) is 10.9. The molecule has 2 aromatic carbocycles. The van der Waals surface area contributed by atoms with Crippen LogP contribution in [0.1, 0.15) is 12.5 Å². The van der Waals surface area contributed by atoms with E-state index in [0.717, 1.165) is 10.5 Å². The number of rotatable bonds is 4. The molecule has 0 fully saturated rings. The van der Waals surface area contributed by atoms with Gasteiger partial charge in [-0.1, -0.05) is 23.7 Å². The highest BCUT2D eigenvalue weighted by atomic mass is 35.5. The van der Waals surface area contributed by atoms with Gasteiger partial charge in [0.05, 0.1) is 5.69 Å². The van der Waals surface area contributed by atoms with Gasteiger partial charge in [0.25, 0.3) is 0 Å². The normalized spacial score (nSPS) is 10.3. The van der Waals surface area contributed by atoms with Gasteiger partial charge in [0.1, 0.15) is 12.4 Å². The standard InChI is InChI=1S/C17H16ClFN2O2/c1-11-9-13(18)7-8-15(11)20-17(23)10-21(12(2)22)16-6-4-3-5-14(16)19/h3-9H,10H2,1-2H3,(H,20,23). The Morgan fingerprint density at radius 1 is 1.22 bits per heavy atom. The summed E-state index contributed by atoms with van der Waals surface area (Å²) in [5, 5.41) is 3.26. The van der Waals surface area contributed by atoms with Crippen LogP contribution in [0.4, 0.5) is 15.8 Å². The van der Waals surface area contributed by atoms with Gasteiger partial charge in [-0.25, -0.2) is 4.39 Å². The lowest BCUT2D eigenvalue weighted by molar-refractivity contribution is -0.120. The summed E-state index contributed by atoms with van der Waals surface area (Å²) in [5.74, 6) is -1.40. The number of nitrogens with one attached hydrogen (secondary N) is 1.